The SMILES string of the molecule is CCN(CC)C(=O)c1ccc(C(C2=C(C)CN(C)[C@H](C)C2)c2cccc(O)c2)cc1. The van der Waals surface area contributed by atoms with E-state index in [1.807, 2.05) is 43.0 Å². The highest BCUT2D eigenvalue weighted by atomic mass is 16.3. The molecule has 0 bridgehead atoms. The number of amides is 1. The van der Waals surface area contributed by atoms with E-state index >= 15 is 0 Å². The molecular formula is C26H34N2O2. The maximum atomic E-state index is 12.7. The zero-order valence-corrected chi connectivity index (χ0v) is 18.9. The van der Waals surface area contributed by atoms with Crippen molar-refractivity contribution in [3.8, 4) is 5.75 Å². The predicted octanol–water partition coefficient (Wildman–Crippen LogP) is 5.05. The molecule has 4 heteroatoms. The average molecular weight is 407 g/mol. The first-order chi connectivity index (χ1) is 14.3. The number of hydrogen-bond acceptors (Lipinski definition) is 3. The smallest absolute Gasteiger partial charge is 0.253 e. The van der Waals surface area contributed by atoms with Crippen molar-refractivity contribution in [1.29, 1.82) is 0 Å². The number of aromatic hydroxyl groups is 1. The Kier molecular flexibility index (Phi) is 6.99. The van der Waals surface area contributed by atoms with Crippen LogP contribution < -0.4 is 0 Å². The maximum Gasteiger partial charge on any atom is 0.253 e. The number of phenols is 1. The van der Waals surface area contributed by atoms with Gasteiger partial charge in [-0.2, -0.15) is 0 Å². The molecule has 30 heavy (non-hydrogen) atoms. The van der Waals surface area contributed by atoms with Gasteiger partial charge in [-0.3, -0.25) is 9.69 Å². The number of carbonyl (C=O) groups excluding carboxylic acids is 1. The molecule has 1 N–H and O–H groups in total. The minimum absolute atomic E-state index is 0.0729. The minimum atomic E-state index is 0.0729. The standard InChI is InChI=1S/C26H34N2O2/c1-6-28(7-2)26(30)21-13-11-20(12-14-21)25(22-9-8-10-23(29)16-22)24-15-19(4)27(5)17-18(24)3/h8-14,16,19,25,29H,6-7,15,17H2,1-5H3/t19-,25?/m1/s1. The Balaban J connectivity index is 2.03. The van der Waals surface area contributed by atoms with Crippen molar-refractivity contribution >= 4 is 5.91 Å². The van der Waals surface area contributed by atoms with Gasteiger partial charge in [0, 0.05) is 37.2 Å². The number of rotatable bonds is 6. The molecule has 0 saturated heterocycles. The lowest BCUT2D eigenvalue weighted by Gasteiger charge is -2.36. The van der Waals surface area contributed by atoms with Gasteiger partial charge in [-0.05, 0) is 76.6 Å². The fourth-order valence-corrected chi connectivity index (χ4v) is 4.45. The van der Waals surface area contributed by atoms with Crippen molar-refractivity contribution in [2.75, 3.05) is 26.7 Å². The van der Waals surface area contributed by atoms with Gasteiger partial charge in [0.05, 0.1) is 0 Å². The molecule has 2 aromatic carbocycles. The lowest BCUT2D eigenvalue weighted by molar-refractivity contribution is 0.0773. The Bertz CT molecular complexity index is 913. The van der Waals surface area contributed by atoms with E-state index in [-0.39, 0.29) is 17.6 Å². The van der Waals surface area contributed by atoms with Crippen LogP contribution in [-0.2, 0) is 0 Å². The topological polar surface area (TPSA) is 43.8 Å². The van der Waals surface area contributed by atoms with Crippen LogP contribution in [-0.4, -0.2) is 53.5 Å². The van der Waals surface area contributed by atoms with Crippen molar-refractivity contribution in [1.82, 2.24) is 9.80 Å². The summed E-state index contributed by atoms with van der Waals surface area (Å²) < 4.78 is 0. The molecule has 4 nitrogen and oxygen atoms in total. The summed E-state index contributed by atoms with van der Waals surface area (Å²) >= 11 is 0. The molecule has 1 aliphatic heterocycles. The first kappa shape index (κ1) is 22.1. The largest absolute Gasteiger partial charge is 0.508 e. The van der Waals surface area contributed by atoms with E-state index in [0.29, 0.717) is 19.1 Å². The predicted molar refractivity (Wildman–Crippen MR) is 123 cm³/mol. The Labute approximate surface area is 180 Å². The molecule has 1 aliphatic rings. The van der Waals surface area contributed by atoms with Crippen LogP contribution in [0.4, 0.5) is 0 Å². The molecule has 2 atom stereocenters. The van der Waals surface area contributed by atoms with E-state index in [2.05, 4.69) is 44.0 Å². The van der Waals surface area contributed by atoms with Crippen LogP contribution in [0, 0.1) is 0 Å². The van der Waals surface area contributed by atoms with Crippen molar-refractivity contribution in [2.24, 2.45) is 0 Å². The highest BCUT2D eigenvalue weighted by molar-refractivity contribution is 5.94. The van der Waals surface area contributed by atoms with Crippen LogP contribution in [0.15, 0.2) is 59.7 Å². The average Bonchev–Trinajstić information content (AvgIpc) is 2.73. The molecule has 0 saturated carbocycles. The summed E-state index contributed by atoms with van der Waals surface area (Å²) in [7, 11) is 2.17. The Morgan fingerprint density at radius 3 is 2.40 bits per heavy atom. The van der Waals surface area contributed by atoms with E-state index in [1.54, 1.807) is 6.07 Å². The van der Waals surface area contributed by atoms with Crippen molar-refractivity contribution in [3.05, 3.63) is 76.4 Å². The summed E-state index contributed by atoms with van der Waals surface area (Å²) in [6, 6.07) is 16.1. The first-order valence-corrected chi connectivity index (χ1v) is 10.9. The monoisotopic (exact) mass is 406 g/mol. The quantitative estimate of drug-likeness (QED) is 0.683. The van der Waals surface area contributed by atoms with E-state index in [1.165, 1.54) is 11.1 Å². The van der Waals surface area contributed by atoms with Gasteiger partial charge in [0.25, 0.3) is 5.91 Å². The summed E-state index contributed by atoms with van der Waals surface area (Å²) in [5.74, 6) is 0.430. The molecule has 0 radical (unpaired) electrons. The third-order valence-electron chi connectivity index (χ3n) is 6.40. The molecule has 0 fully saturated rings. The van der Waals surface area contributed by atoms with E-state index in [0.717, 1.165) is 29.7 Å². The second-order valence-corrected chi connectivity index (χ2v) is 8.40. The van der Waals surface area contributed by atoms with Crippen molar-refractivity contribution in [2.45, 2.75) is 46.1 Å². The Hall–Kier alpha value is -2.59. The third kappa shape index (κ3) is 4.59. The highest BCUT2D eigenvalue weighted by Crippen LogP contribution is 2.39. The van der Waals surface area contributed by atoms with Crippen LogP contribution in [0.2, 0.25) is 0 Å². The normalized spacial score (nSPS) is 18.4. The van der Waals surface area contributed by atoms with Gasteiger partial charge >= 0.3 is 0 Å². The number of hydrogen-bond donors (Lipinski definition) is 1. The second kappa shape index (κ2) is 9.48. The number of benzene rings is 2. The summed E-state index contributed by atoms with van der Waals surface area (Å²) in [6.07, 6.45) is 0.989. The van der Waals surface area contributed by atoms with Gasteiger partial charge in [-0.15, -0.1) is 0 Å². The summed E-state index contributed by atoms with van der Waals surface area (Å²) in [4.78, 5) is 16.9. The molecule has 1 heterocycles. The van der Waals surface area contributed by atoms with Crippen LogP contribution in [0.3, 0.4) is 0 Å². The van der Waals surface area contributed by atoms with Crippen molar-refractivity contribution in [3.63, 3.8) is 0 Å². The number of likely N-dealkylation sites (N-methyl/N-ethyl adjacent to an activating group) is 1. The fourth-order valence-electron chi connectivity index (χ4n) is 4.45. The van der Waals surface area contributed by atoms with Crippen LogP contribution in [0.25, 0.3) is 0 Å². The first-order valence-electron chi connectivity index (χ1n) is 10.9. The summed E-state index contributed by atoms with van der Waals surface area (Å²) in [5, 5.41) is 10.1. The van der Waals surface area contributed by atoms with Gasteiger partial charge in [0.2, 0.25) is 0 Å². The van der Waals surface area contributed by atoms with Crippen LogP contribution in [0.1, 0.15) is 61.5 Å². The second-order valence-electron chi connectivity index (χ2n) is 8.40. The van der Waals surface area contributed by atoms with E-state index < -0.39 is 0 Å². The number of nitrogens with zero attached hydrogens (tertiary/aromatic N) is 2. The molecule has 1 amide bonds. The van der Waals surface area contributed by atoms with Crippen molar-refractivity contribution < 1.29 is 9.90 Å². The molecule has 1 unspecified atom stereocenters. The molecule has 2 aromatic rings. The summed E-state index contributed by atoms with van der Waals surface area (Å²) in [5.41, 5.74) is 5.76. The van der Waals surface area contributed by atoms with Crippen LogP contribution in [0.5, 0.6) is 5.75 Å². The van der Waals surface area contributed by atoms with E-state index in [9.17, 15) is 9.90 Å². The zero-order chi connectivity index (χ0) is 21.8. The Morgan fingerprint density at radius 1 is 1.13 bits per heavy atom. The molecule has 0 aliphatic carbocycles. The lowest BCUT2D eigenvalue weighted by atomic mass is 9.78. The molecule has 3 rings (SSSR count). The van der Waals surface area contributed by atoms with Crippen LogP contribution >= 0.6 is 0 Å². The highest BCUT2D eigenvalue weighted by Gasteiger charge is 2.28. The maximum absolute atomic E-state index is 12.7. The van der Waals surface area contributed by atoms with Gasteiger partial charge < -0.3 is 10.0 Å². The van der Waals surface area contributed by atoms with Gasteiger partial charge in [-0.25, -0.2) is 0 Å². The molecule has 0 aromatic heterocycles. The molecule has 160 valence electrons. The third-order valence-corrected chi connectivity index (χ3v) is 6.40. The molecular weight excluding hydrogens is 372 g/mol. The molecule has 0 spiro atoms. The number of phenolic OH excluding ortho intramolecular Hbond substituents is 1. The van der Waals surface area contributed by atoms with Gasteiger partial charge in [0.15, 0.2) is 0 Å². The van der Waals surface area contributed by atoms with Gasteiger partial charge in [-0.1, -0.05) is 35.4 Å². The minimum Gasteiger partial charge on any atom is -0.508 e. The Morgan fingerprint density at radius 2 is 1.80 bits per heavy atom. The van der Waals surface area contributed by atoms with Gasteiger partial charge in [0.1, 0.15) is 5.75 Å². The lowest BCUT2D eigenvalue weighted by Crippen LogP contribution is -2.36. The zero-order valence-electron chi connectivity index (χ0n) is 18.9. The summed E-state index contributed by atoms with van der Waals surface area (Å²) in [6.45, 7) is 10.9. The van der Waals surface area contributed by atoms with E-state index in [4.69, 9.17) is 0 Å². The fraction of sp³-hybridized carbons (Fsp3) is 0.423. The number of carbonyl (C=O) groups is 1.